The summed E-state index contributed by atoms with van der Waals surface area (Å²) >= 11 is 0. The van der Waals surface area contributed by atoms with E-state index in [-0.39, 0.29) is 17.1 Å². The van der Waals surface area contributed by atoms with E-state index in [0.717, 1.165) is 0 Å². The summed E-state index contributed by atoms with van der Waals surface area (Å²) in [5, 5.41) is 8.62. The highest BCUT2D eigenvalue weighted by Crippen LogP contribution is 2.21. The number of nitrogen functional groups attached to an aromatic ring is 1. The SMILES string of the molecule is COc1nccc(C(=O)O)c1N. The van der Waals surface area contributed by atoms with Gasteiger partial charge >= 0.3 is 5.97 Å². The van der Waals surface area contributed by atoms with Crippen molar-refractivity contribution < 1.29 is 14.6 Å². The van der Waals surface area contributed by atoms with Gasteiger partial charge in [-0.05, 0) is 6.07 Å². The lowest BCUT2D eigenvalue weighted by molar-refractivity contribution is 0.0697. The predicted molar refractivity (Wildman–Crippen MR) is 42.2 cm³/mol. The Hall–Kier alpha value is -1.78. The zero-order chi connectivity index (χ0) is 9.14. The molecule has 0 spiro atoms. The number of anilines is 1. The second kappa shape index (κ2) is 3.08. The summed E-state index contributed by atoms with van der Waals surface area (Å²) in [6, 6.07) is 1.32. The highest BCUT2D eigenvalue weighted by molar-refractivity contribution is 5.94. The Morgan fingerprint density at radius 3 is 2.92 bits per heavy atom. The van der Waals surface area contributed by atoms with Crippen molar-refractivity contribution in [2.75, 3.05) is 12.8 Å². The first kappa shape index (κ1) is 8.32. The van der Waals surface area contributed by atoms with Crippen LogP contribution in [0.25, 0.3) is 0 Å². The molecular formula is C7H8N2O3. The lowest BCUT2D eigenvalue weighted by Gasteiger charge is -2.04. The smallest absolute Gasteiger partial charge is 0.338 e. The molecule has 1 heterocycles. The summed E-state index contributed by atoms with van der Waals surface area (Å²) in [5.74, 6) is -0.955. The number of aromatic carboxylic acids is 1. The molecule has 1 rings (SSSR count). The molecule has 0 radical (unpaired) electrons. The van der Waals surface area contributed by atoms with E-state index in [1.54, 1.807) is 0 Å². The average Bonchev–Trinajstić information content (AvgIpc) is 2.04. The van der Waals surface area contributed by atoms with Crippen LogP contribution in [0.2, 0.25) is 0 Å². The number of methoxy groups -OCH3 is 1. The monoisotopic (exact) mass is 168 g/mol. The van der Waals surface area contributed by atoms with Crippen LogP contribution in [0.3, 0.4) is 0 Å². The van der Waals surface area contributed by atoms with E-state index in [0.29, 0.717) is 0 Å². The standard InChI is InChI=1S/C7H8N2O3/c1-12-6-5(8)4(7(10)11)2-3-9-6/h2-3H,8H2,1H3,(H,10,11). The predicted octanol–water partition coefficient (Wildman–Crippen LogP) is 0.371. The first-order valence-corrected chi connectivity index (χ1v) is 3.18. The third-order valence-corrected chi connectivity index (χ3v) is 1.38. The first-order valence-electron chi connectivity index (χ1n) is 3.18. The fourth-order valence-electron chi connectivity index (χ4n) is 0.803. The van der Waals surface area contributed by atoms with Crippen LogP contribution in [-0.2, 0) is 0 Å². The fourth-order valence-corrected chi connectivity index (χ4v) is 0.803. The van der Waals surface area contributed by atoms with E-state index >= 15 is 0 Å². The molecule has 1 aromatic rings. The van der Waals surface area contributed by atoms with E-state index < -0.39 is 5.97 Å². The molecule has 12 heavy (non-hydrogen) atoms. The molecule has 1 aromatic heterocycles. The van der Waals surface area contributed by atoms with Crippen molar-refractivity contribution in [2.45, 2.75) is 0 Å². The molecule has 5 nitrogen and oxygen atoms in total. The largest absolute Gasteiger partial charge is 0.480 e. The third-order valence-electron chi connectivity index (χ3n) is 1.38. The molecule has 0 saturated carbocycles. The molecule has 0 aliphatic carbocycles. The number of rotatable bonds is 2. The van der Waals surface area contributed by atoms with Crippen LogP contribution in [0.4, 0.5) is 5.69 Å². The van der Waals surface area contributed by atoms with Crippen molar-refractivity contribution in [3.8, 4) is 5.88 Å². The van der Waals surface area contributed by atoms with Crippen molar-refractivity contribution in [1.82, 2.24) is 4.98 Å². The molecule has 0 unspecified atom stereocenters. The summed E-state index contributed by atoms with van der Waals surface area (Å²) in [7, 11) is 1.38. The molecular weight excluding hydrogens is 160 g/mol. The van der Waals surface area contributed by atoms with Gasteiger partial charge in [0.1, 0.15) is 5.69 Å². The molecule has 0 aromatic carbocycles. The van der Waals surface area contributed by atoms with E-state index in [2.05, 4.69) is 4.98 Å². The zero-order valence-corrected chi connectivity index (χ0v) is 6.44. The van der Waals surface area contributed by atoms with Gasteiger partial charge in [-0.2, -0.15) is 0 Å². The molecule has 0 aliphatic heterocycles. The van der Waals surface area contributed by atoms with Gasteiger partial charge in [-0.1, -0.05) is 0 Å². The van der Waals surface area contributed by atoms with Gasteiger partial charge in [-0.25, -0.2) is 9.78 Å². The minimum absolute atomic E-state index is 0.00171. The third kappa shape index (κ3) is 1.29. The number of aromatic nitrogens is 1. The minimum atomic E-state index is -1.09. The van der Waals surface area contributed by atoms with Crippen molar-refractivity contribution >= 4 is 11.7 Å². The number of nitrogens with zero attached hydrogens (tertiary/aromatic N) is 1. The zero-order valence-electron chi connectivity index (χ0n) is 6.44. The maximum Gasteiger partial charge on any atom is 0.338 e. The normalized spacial score (nSPS) is 9.42. The number of hydrogen-bond donors (Lipinski definition) is 2. The van der Waals surface area contributed by atoms with Crippen molar-refractivity contribution in [3.05, 3.63) is 17.8 Å². The van der Waals surface area contributed by atoms with Crippen molar-refractivity contribution in [3.63, 3.8) is 0 Å². The average molecular weight is 168 g/mol. The van der Waals surface area contributed by atoms with Crippen LogP contribution in [0.1, 0.15) is 10.4 Å². The van der Waals surface area contributed by atoms with E-state index in [1.807, 2.05) is 0 Å². The quantitative estimate of drug-likeness (QED) is 0.666. The number of nitrogens with two attached hydrogens (primary N) is 1. The Balaban J connectivity index is 3.23. The van der Waals surface area contributed by atoms with Crippen LogP contribution >= 0.6 is 0 Å². The molecule has 0 fully saturated rings. The number of pyridine rings is 1. The molecule has 0 aliphatic rings. The Bertz CT molecular complexity index is 312. The Labute approximate surface area is 68.8 Å². The Morgan fingerprint density at radius 2 is 2.42 bits per heavy atom. The molecule has 3 N–H and O–H groups in total. The van der Waals surface area contributed by atoms with Crippen LogP contribution in [0, 0.1) is 0 Å². The fraction of sp³-hybridized carbons (Fsp3) is 0.143. The molecule has 0 saturated heterocycles. The minimum Gasteiger partial charge on any atom is -0.480 e. The summed E-state index contributed by atoms with van der Waals surface area (Å²) in [5.41, 5.74) is 5.48. The lowest BCUT2D eigenvalue weighted by atomic mass is 10.2. The summed E-state index contributed by atoms with van der Waals surface area (Å²) in [4.78, 5) is 14.3. The van der Waals surface area contributed by atoms with Crippen LogP contribution in [0.15, 0.2) is 12.3 Å². The van der Waals surface area contributed by atoms with Gasteiger partial charge in [0.25, 0.3) is 0 Å². The second-order valence-corrected chi connectivity index (χ2v) is 2.09. The van der Waals surface area contributed by atoms with Gasteiger partial charge in [0.05, 0.1) is 12.7 Å². The second-order valence-electron chi connectivity index (χ2n) is 2.09. The Kier molecular flexibility index (Phi) is 2.14. The summed E-state index contributed by atoms with van der Waals surface area (Å²) in [6.45, 7) is 0. The molecule has 0 atom stereocenters. The van der Waals surface area contributed by atoms with Gasteiger partial charge in [0, 0.05) is 6.20 Å². The van der Waals surface area contributed by atoms with Crippen LogP contribution < -0.4 is 10.5 Å². The highest BCUT2D eigenvalue weighted by atomic mass is 16.5. The van der Waals surface area contributed by atoms with E-state index in [1.165, 1.54) is 19.4 Å². The van der Waals surface area contributed by atoms with Crippen LogP contribution in [0.5, 0.6) is 5.88 Å². The molecule has 5 heteroatoms. The number of carboxylic acid groups (broad SMARTS) is 1. The van der Waals surface area contributed by atoms with E-state index in [9.17, 15) is 4.79 Å². The molecule has 0 bridgehead atoms. The number of carboxylic acids is 1. The van der Waals surface area contributed by atoms with Gasteiger partial charge in [-0.3, -0.25) is 0 Å². The number of carbonyl (C=O) groups is 1. The van der Waals surface area contributed by atoms with Gasteiger partial charge in [0.2, 0.25) is 5.88 Å². The van der Waals surface area contributed by atoms with Gasteiger partial charge in [0.15, 0.2) is 0 Å². The van der Waals surface area contributed by atoms with E-state index in [4.69, 9.17) is 15.6 Å². The van der Waals surface area contributed by atoms with Gasteiger partial charge in [-0.15, -0.1) is 0 Å². The first-order chi connectivity index (χ1) is 5.66. The highest BCUT2D eigenvalue weighted by Gasteiger charge is 2.11. The lowest BCUT2D eigenvalue weighted by Crippen LogP contribution is -2.05. The summed E-state index contributed by atoms with van der Waals surface area (Å²) < 4.78 is 4.74. The number of hydrogen-bond acceptors (Lipinski definition) is 4. The van der Waals surface area contributed by atoms with Crippen LogP contribution in [-0.4, -0.2) is 23.2 Å². The molecule has 64 valence electrons. The Morgan fingerprint density at radius 1 is 1.75 bits per heavy atom. The molecule has 0 amide bonds. The van der Waals surface area contributed by atoms with Crippen molar-refractivity contribution in [1.29, 1.82) is 0 Å². The van der Waals surface area contributed by atoms with Crippen molar-refractivity contribution in [2.24, 2.45) is 0 Å². The maximum atomic E-state index is 10.5. The topological polar surface area (TPSA) is 85.4 Å². The number of ether oxygens (including phenoxy) is 1. The van der Waals surface area contributed by atoms with Gasteiger partial charge < -0.3 is 15.6 Å². The maximum absolute atomic E-state index is 10.5. The summed E-state index contributed by atoms with van der Waals surface area (Å²) in [6.07, 6.45) is 1.33.